The molecule has 2 aromatic carbocycles. The maximum absolute atomic E-state index is 11.2. The third kappa shape index (κ3) is 2.80. The molecular formula is C20H15N3O2S. The van der Waals surface area contributed by atoms with Crippen LogP contribution in [0, 0.1) is 0 Å². The molecule has 2 aromatic heterocycles. The lowest BCUT2D eigenvalue weighted by Gasteiger charge is -1.99. The Balaban J connectivity index is 1.98. The Morgan fingerprint density at radius 2 is 2.00 bits per heavy atom. The standard InChI is InChI=1S/C20H15N3O2S/c1-2-6-13-9-10-15-17(11-13)23(20-21-16(12-26-20)19(24)25)22-18(15)14-7-4-3-5-8-14/h2-12H,1H3,(H,24,25). The van der Waals surface area contributed by atoms with Gasteiger partial charge in [0.25, 0.3) is 0 Å². The van der Waals surface area contributed by atoms with Crippen LogP contribution in [0.4, 0.5) is 0 Å². The highest BCUT2D eigenvalue weighted by Crippen LogP contribution is 2.31. The fraction of sp³-hybridized carbons (Fsp3) is 0.0500. The molecule has 0 amide bonds. The zero-order valence-corrected chi connectivity index (χ0v) is 14.8. The van der Waals surface area contributed by atoms with Crippen molar-refractivity contribution < 1.29 is 9.90 Å². The number of benzene rings is 2. The van der Waals surface area contributed by atoms with Gasteiger partial charge in [-0.3, -0.25) is 0 Å². The van der Waals surface area contributed by atoms with Crippen molar-refractivity contribution >= 4 is 34.3 Å². The van der Waals surface area contributed by atoms with Crippen molar-refractivity contribution in [3.8, 4) is 16.4 Å². The van der Waals surface area contributed by atoms with Crippen molar-refractivity contribution in [1.29, 1.82) is 0 Å². The molecule has 0 atom stereocenters. The van der Waals surface area contributed by atoms with Gasteiger partial charge in [0.1, 0.15) is 5.69 Å². The van der Waals surface area contributed by atoms with Crippen LogP contribution in [0.1, 0.15) is 23.0 Å². The summed E-state index contributed by atoms with van der Waals surface area (Å²) >= 11 is 1.26. The van der Waals surface area contributed by atoms with E-state index in [4.69, 9.17) is 10.2 Å². The number of thiazole rings is 1. The number of fused-ring (bicyclic) bond motifs is 1. The van der Waals surface area contributed by atoms with Crippen molar-refractivity contribution in [2.45, 2.75) is 6.92 Å². The minimum Gasteiger partial charge on any atom is -0.476 e. The van der Waals surface area contributed by atoms with Crippen molar-refractivity contribution in [2.24, 2.45) is 0 Å². The molecule has 0 bridgehead atoms. The summed E-state index contributed by atoms with van der Waals surface area (Å²) in [6.45, 7) is 1.97. The van der Waals surface area contributed by atoms with Crippen LogP contribution in [0.5, 0.6) is 0 Å². The molecule has 1 N–H and O–H groups in total. The first kappa shape index (κ1) is 16.2. The maximum Gasteiger partial charge on any atom is 0.355 e. The second-order valence-electron chi connectivity index (χ2n) is 5.72. The Morgan fingerprint density at radius 1 is 1.19 bits per heavy atom. The summed E-state index contributed by atoms with van der Waals surface area (Å²) in [5.74, 6) is -1.04. The summed E-state index contributed by atoms with van der Waals surface area (Å²) in [4.78, 5) is 15.4. The molecule has 4 aromatic rings. The Labute approximate surface area is 153 Å². The van der Waals surface area contributed by atoms with E-state index >= 15 is 0 Å². The van der Waals surface area contributed by atoms with Gasteiger partial charge in [0.05, 0.1) is 5.52 Å². The summed E-state index contributed by atoms with van der Waals surface area (Å²) in [6.07, 6.45) is 4.00. The number of allylic oxidation sites excluding steroid dienone is 1. The van der Waals surface area contributed by atoms with E-state index in [0.29, 0.717) is 5.13 Å². The van der Waals surface area contributed by atoms with Crippen LogP contribution in [0.3, 0.4) is 0 Å². The van der Waals surface area contributed by atoms with Gasteiger partial charge in [-0.25, -0.2) is 14.5 Å². The highest BCUT2D eigenvalue weighted by Gasteiger charge is 2.17. The molecule has 5 nitrogen and oxygen atoms in total. The highest BCUT2D eigenvalue weighted by molar-refractivity contribution is 7.12. The summed E-state index contributed by atoms with van der Waals surface area (Å²) < 4.78 is 1.72. The van der Waals surface area contributed by atoms with Crippen molar-refractivity contribution in [2.75, 3.05) is 0 Å². The zero-order valence-electron chi connectivity index (χ0n) is 14.0. The van der Waals surface area contributed by atoms with Gasteiger partial charge in [0.15, 0.2) is 5.69 Å². The van der Waals surface area contributed by atoms with Gasteiger partial charge < -0.3 is 5.11 Å². The number of rotatable bonds is 4. The molecule has 0 fully saturated rings. The molecule has 128 valence electrons. The number of aromatic carboxylic acids is 1. The first-order valence-electron chi connectivity index (χ1n) is 8.07. The molecule has 0 aliphatic carbocycles. The molecule has 6 heteroatoms. The van der Waals surface area contributed by atoms with E-state index in [9.17, 15) is 4.79 Å². The van der Waals surface area contributed by atoms with Gasteiger partial charge in [-0.2, -0.15) is 5.10 Å². The van der Waals surface area contributed by atoms with Crippen LogP contribution in [0.25, 0.3) is 33.4 Å². The predicted octanol–water partition coefficient (Wildman–Crippen LogP) is 4.88. The first-order chi connectivity index (χ1) is 12.7. The molecule has 0 unspecified atom stereocenters. The van der Waals surface area contributed by atoms with Gasteiger partial charge in [-0.1, -0.05) is 48.6 Å². The van der Waals surface area contributed by atoms with Crippen molar-refractivity contribution in [3.05, 3.63) is 71.2 Å². The van der Waals surface area contributed by atoms with Crippen LogP contribution in [-0.2, 0) is 0 Å². The number of carbonyl (C=O) groups is 1. The van der Waals surface area contributed by atoms with Gasteiger partial charge in [0.2, 0.25) is 5.13 Å². The van der Waals surface area contributed by atoms with Crippen LogP contribution < -0.4 is 0 Å². The summed E-state index contributed by atoms with van der Waals surface area (Å²) in [5.41, 5.74) is 3.82. The quantitative estimate of drug-likeness (QED) is 0.562. The SMILES string of the molecule is CC=Cc1ccc2c(-c3ccccc3)nn(-c3nc(C(=O)O)cs3)c2c1. The number of carboxylic acid groups (broad SMARTS) is 1. The van der Waals surface area contributed by atoms with Crippen molar-refractivity contribution in [3.63, 3.8) is 0 Å². The van der Waals surface area contributed by atoms with Crippen LogP contribution in [0.2, 0.25) is 0 Å². The lowest BCUT2D eigenvalue weighted by Crippen LogP contribution is -2.00. The van der Waals surface area contributed by atoms with E-state index in [0.717, 1.165) is 27.7 Å². The number of hydrogen-bond acceptors (Lipinski definition) is 4. The second kappa shape index (κ2) is 6.57. The smallest absolute Gasteiger partial charge is 0.355 e. The molecule has 0 saturated heterocycles. The molecular weight excluding hydrogens is 346 g/mol. The third-order valence-electron chi connectivity index (χ3n) is 4.00. The monoisotopic (exact) mass is 361 g/mol. The van der Waals surface area contributed by atoms with E-state index in [1.165, 1.54) is 16.7 Å². The molecule has 2 heterocycles. The Bertz CT molecular complexity index is 1130. The lowest BCUT2D eigenvalue weighted by molar-refractivity contribution is 0.0691. The molecule has 0 aliphatic heterocycles. The maximum atomic E-state index is 11.2. The minimum atomic E-state index is -1.04. The first-order valence-corrected chi connectivity index (χ1v) is 8.95. The van der Waals surface area contributed by atoms with E-state index in [1.54, 1.807) is 4.68 Å². The third-order valence-corrected chi connectivity index (χ3v) is 4.82. The van der Waals surface area contributed by atoms with Crippen LogP contribution >= 0.6 is 11.3 Å². The number of hydrogen-bond donors (Lipinski definition) is 1. The van der Waals surface area contributed by atoms with Gasteiger partial charge in [0, 0.05) is 16.3 Å². The molecule has 0 radical (unpaired) electrons. The van der Waals surface area contributed by atoms with E-state index in [-0.39, 0.29) is 5.69 Å². The molecule has 26 heavy (non-hydrogen) atoms. The molecule has 0 aliphatic rings. The molecule has 4 rings (SSSR count). The second-order valence-corrected chi connectivity index (χ2v) is 6.56. The zero-order chi connectivity index (χ0) is 18.1. The molecule has 0 spiro atoms. The number of carboxylic acids is 1. The minimum absolute atomic E-state index is 0.0273. The van der Waals surface area contributed by atoms with E-state index in [1.807, 2.05) is 67.6 Å². The average Bonchev–Trinajstić information content (AvgIpc) is 3.27. The van der Waals surface area contributed by atoms with E-state index < -0.39 is 5.97 Å². The summed E-state index contributed by atoms with van der Waals surface area (Å²) in [7, 11) is 0. The Hall–Kier alpha value is -3.25. The summed E-state index contributed by atoms with van der Waals surface area (Å²) in [6, 6.07) is 16.1. The van der Waals surface area contributed by atoms with E-state index in [2.05, 4.69) is 4.98 Å². The number of nitrogens with zero attached hydrogens (tertiary/aromatic N) is 3. The van der Waals surface area contributed by atoms with Gasteiger partial charge in [-0.05, 0) is 24.6 Å². The Kier molecular flexibility index (Phi) is 4.10. The highest BCUT2D eigenvalue weighted by atomic mass is 32.1. The van der Waals surface area contributed by atoms with Crippen LogP contribution in [0.15, 0.2) is 60.0 Å². The topological polar surface area (TPSA) is 68.0 Å². The van der Waals surface area contributed by atoms with Crippen molar-refractivity contribution in [1.82, 2.24) is 14.8 Å². The largest absolute Gasteiger partial charge is 0.476 e. The average molecular weight is 361 g/mol. The summed E-state index contributed by atoms with van der Waals surface area (Å²) in [5, 5.41) is 17.0. The lowest BCUT2D eigenvalue weighted by atomic mass is 10.1. The van der Waals surface area contributed by atoms with Gasteiger partial charge in [-0.15, -0.1) is 11.3 Å². The molecule has 0 saturated carbocycles. The fourth-order valence-electron chi connectivity index (χ4n) is 2.84. The normalized spacial score (nSPS) is 11.4. The number of aromatic nitrogens is 3. The predicted molar refractivity (Wildman–Crippen MR) is 104 cm³/mol. The van der Waals surface area contributed by atoms with Gasteiger partial charge >= 0.3 is 5.97 Å². The van der Waals surface area contributed by atoms with Crippen LogP contribution in [-0.4, -0.2) is 25.8 Å². The fourth-order valence-corrected chi connectivity index (χ4v) is 3.60. The Morgan fingerprint density at radius 3 is 2.69 bits per heavy atom.